The van der Waals surface area contributed by atoms with Crippen LogP contribution in [0.2, 0.25) is 5.02 Å². The van der Waals surface area contributed by atoms with Crippen molar-refractivity contribution >= 4 is 39.1 Å². The molecule has 0 saturated carbocycles. The molecule has 0 aliphatic carbocycles. The largest absolute Gasteiger partial charge is 0.280 e. The summed E-state index contributed by atoms with van der Waals surface area (Å²) in [5.74, 6) is -1.19. The van der Waals surface area contributed by atoms with Crippen LogP contribution in [0.5, 0.6) is 0 Å². The smallest absolute Gasteiger partial charge is 0.271 e. The molecule has 10 heteroatoms. The number of anilines is 1. The Labute approximate surface area is 172 Å². The number of pyridine rings is 1. The number of amides is 2. The van der Waals surface area contributed by atoms with Gasteiger partial charge in [-0.05, 0) is 48.5 Å². The molecule has 0 unspecified atom stereocenters. The molecule has 1 aromatic heterocycles. The van der Waals surface area contributed by atoms with Gasteiger partial charge in [0.1, 0.15) is 0 Å². The minimum atomic E-state index is -3.82. The fourth-order valence-corrected chi connectivity index (χ4v) is 3.60. The molecule has 3 N–H and O–H groups in total. The van der Waals surface area contributed by atoms with Gasteiger partial charge in [-0.2, -0.15) is 0 Å². The number of rotatable bonds is 5. The van der Waals surface area contributed by atoms with Crippen molar-refractivity contribution in [3.05, 3.63) is 89.2 Å². The first-order valence-corrected chi connectivity index (χ1v) is 10.1. The maximum Gasteiger partial charge on any atom is 0.271 e. The van der Waals surface area contributed by atoms with Gasteiger partial charge < -0.3 is 0 Å². The van der Waals surface area contributed by atoms with Crippen LogP contribution in [0.3, 0.4) is 0 Å². The third-order valence-corrected chi connectivity index (χ3v) is 5.49. The Kier molecular flexibility index (Phi) is 6.10. The Morgan fingerprint density at radius 3 is 2.10 bits per heavy atom. The predicted octanol–water partition coefficient (Wildman–Crippen LogP) is 2.61. The van der Waals surface area contributed by atoms with Crippen LogP contribution in [-0.4, -0.2) is 25.2 Å². The number of nitrogens with one attached hydrogen (secondary N) is 3. The highest BCUT2D eigenvalue weighted by Gasteiger charge is 2.16. The molecule has 0 aliphatic rings. The molecular weight excluding hydrogens is 416 g/mol. The van der Waals surface area contributed by atoms with E-state index in [1.807, 2.05) is 0 Å². The Bertz CT molecular complexity index is 1140. The Morgan fingerprint density at radius 2 is 1.45 bits per heavy atom. The zero-order valence-electron chi connectivity index (χ0n) is 14.8. The topological polar surface area (TPSA) is 117 Å². The van der Waals surface area contributed by atoms with E-state index in [1.165, 1.54) is 54.9 Å². The van der Waals surface area contributed by atoms with E-state index in [4.69, 9.17) is 11.6 Å². The minimum Gasteiger partial charge on any atom is -0.280 e. The molecule has 2 amide bonds. The van der Waals surface area contributed by atoms with Gasteiger partial charge >= 0.3 is 0 Å². The van der Waals surface area contributed by atoms with Crippen molar-refractivity contribution in [2.45, 2.75) is 4.90 Å². The lowest BCUT2D eigenvalue weighted by molar-refractivity contribution is 0.0846. The second-order valence-electron chi connectivity index (χ2n) is 5.75. The number of nitrogens with zero attached hydrogens (tertiary/aromatic N) is 1. The van der Waals surface area contributed by atoms with Crippen molar-refractivity contribution in [2.75, 3.05) is 4.72 Å². The van der Waals surface area contributed by atoms with Crippen LogP contribution in [0.1, 0.15) is 20.7 Å². The first-order valence-electron chi connectivity index (χ1n) is 8.25. The number of aromatic nitrogens is 1. The van der Waals surface area contributed by atoms with E-state index in [0.717, 1.165) is 0 Å². The molecule has 2 aromatic carbocycles. The highest BCUT2D eigenvalue weighted by atomic mass is 35.5. The Balaban J connectivity index is 1.64. The summed E-state index contributed by atoms with van der Waals surface area (Å²) in [6, 6.07) is 14.6. The highest BCUT2D eigenvalue weighted by Crippen LogP contribution is 2.16. The third-order valence-electron chi connectivity index (χ3n) is 3.77. The van der Waals surface area contributed by atoms with Gasteiger partial charge in [0.15, 0.2) is 0 Å². The number of halogens is 1. The average Bonchev–Trinajstić information content (AvgIpc) is 2.72. The SMILES string of the molecule is O=C(NNC(=O)c1ccccc1Cl)c1ccc(S(=O)(=O)Nc2ccncc2)cc1. The molecule has 0 bridgehead atoms. The number of hydrogen-bond acceptors (Lipinski definition) is 5. The molecular formula is C19H15ClN4O4S. The molecule has 0 fully saturated rings. The molecule has 0 radical (unpaired) electrons. The second kappa shape index (κ2) is 8.72. The highest BCUT2D eigenvalue weighted by molar-refractivity contribution is 7.92. The zero-order chi connectivity index (χ0) is 20.9. The minimum absolute atomic E-state index is 0.0223. The number of sulfonamides is 1. The van der Waals surface area contributed by atoms with Gasteiger partial charge in [0.2, 0.25) is 0 Å². The van der Waals surface area contributed by atoms with E-state index < -0.39 is 21.8 Å². The molecule has 0 saturated heterocycles. The van der Waals surface area contributed by atoms with Crippen LogP contribution in [-0.2, 0) is 10.0 Å². The van der Waals surface area contributed by atoms with Crippen LogP contribution in [0, 0.1) is 0 Å². The van der Waals surface area contributed by atoms with Crippen LogP contribution in [0.15, 0.2) is 78.0 Å². The number of carbonyl (C=O) groups excluding carboxylic acids is 2. The molecule has 29 heavy (non-hydrogen) atoms. The molecule has 3 aromatic rings. The van der Waals surface area contributed by atoms with Crippen molar-refractivity contribution in [3.63, 3.8) is 0 Å². The van der Waals surface area contributed by atoms with E-state index in [2.05, 4.69) is 20.6 Å². The maximum absolute atomic E-state index is 12.4. The van der Waals surface area contributed by atoms with Gasteiger partial charge in [0, 0.05) is 18.0 Å². The first kappa shape index (κ1) is 20.3. The van der Waals surface area contributed by atoms with E-state index in [1.54, 1.807) is 18.2 Å². The van der Waals surface area contributed by atoms with Crippen LogP contribution in [0.25, 0.3) is 0 Å². The predicted molar refractivity (Wildman–Crippen MR) is 108 cm³/mol. The van der Waals surface area contributed by atoms with Gasteiger partial charge in [-0.15, -0.1) is 0 Å². The lowest BCUT2D eigenvalue weighted by Gasteiger charge is -2.10. The van der Waals surface area contributed by atoms with Gasteiger partial charge in [0.05, 0.1) is 21.2 Å². The quantitative estimate of drug-likeness (QED) is 0.538. The van der Waals surface area contributed by atoms with E-state index in [0.29, 0.717) is 5.69 Å². The van der Waals surface area contributed by atoms with E-state index in [-0.39, 0.29) is 21.0 Å². The number of carbonyl (C=O) groups is 2. The standard InChI is InChI=1S/C19H15ClN4O4S/c20-17-4-2-1-3-16(17)19(26)23-22-18(25)13-5-7-15(8-6-13)29(27,28)24-14-9-11-21-12-10-14/h1-12H,(H,21,24)(H,22,25)(H,23,26). The summed E-state index contributed by atoms with van der Waals surface area (Å²) in [5, 5.41) is 0.246. The summed E-state index contributed by atoms with van der Waals surface area (Å²) >= 11 is 5.93. The van der Waals surface area contributed by atoms with Crippen molar-refractivity contribution in [3.8, 4) is 0 Å². The maximum atomic E-state index is 12.4. The molecule has 148 valence electrons. The molecule has 1 heterocycles. The zero-order valence-corrected chi connectivity index (χ0v) is 16.4. The third kappa shape index (κ3) is 5.09. The van der Waals surface area contributed by atoms with Crippen LogP contribution in [0.4, 0.5) is 5.69 Å². The summed E-state index contributed by atoms with van der Waals surface area (Å²) in [6.07, 6.45) is 2.92. The average molecular weight is 431 g/mol. The summed E-state index contributed by atoms with van der Waals surface area (Å²) < 4.78 is 27.2. The summed E-state index contributed by atoms with van der Waals surface area (Å²) in [5.41, 5.74) is 5.24. The molecule has 3 rings (SSSR count). The molecule has 0 atom stereocenters. The fourth-order valence-electron chi connectivity index (χ4n) is 2.32. The van der Waals surface area contributed by atoms with Crippen LogP contribution >= 0.6 is 11.6 Å². The van der Waals surface area contributed by atoms with Crippen molar-refractivity contribution < 1.29 is 18.0 Å². The number of benzene rings is 2. The van der Waals surface area contributed by atoms with Gasteiger partial charge in [-0.25, -0.2) is 8.42 Å². The molecule has 8 nitrogen and oxygen atoms in total. The molecule has 0 aliphatic heterocycles. The van der Waals surface area contributed by atoms with Crippen molar-refractivity contribution in [1.82, 2.24) is 15.8 Å². The molecule has 0 spiro atoms. The lowest BCUT2D eigenvalue weighted by atomic mass is 10.2. The van der Waals surface area contributed by atoms with E-state index in [9.17, 15) is 18.0 Å². The van der Waals surface area contributed by atoms with Crippen LogP contribution < -0.4 is 15.6 Å². The Morgan fingerprint density at radius 1 is 0.828 bits per heavy atom. The number of hydrazine groups is 1. The first-order chi connectivity index (χ1) is 13.9. The normalized spacial score (nSPS) is 10.8. The fraction of sp³-hybridized carbons (Fsp3) is 0. The second-order valence-corrected chi connectivity index (χ2v) is 7.84. The van der Waals surface area contributed by atoms with Gasteiger partial charge in [0.25, 0.3) is 21.8 Å². The summed E-state index contributed by atoms with van der Waals surface area (Å²) in [4.78, 5) is 28.0. The van der Waals surface area contributed by atoms with Crippen molar-refractivity contribution in [1.29, 1.82) is 0 Å². The van der Waals surface area contributed by atoms with E-state index >= 15 is 0 Å². The summed E-state index contributed by atoms with van der Waals surface area (Å²) in [7, 11) is -3.82. The summed E-state index contributed by atoms with van der Waals surface area (Å²) in [6.45, 7) is 0. The van der Waals surface area contributed by atoms with Gasteiger partial charge in [-0.3, -0.25) is 30.1 Å². The Hall–Kier alpha value is -3.43. The lowest BCUT2D eigenvalue weighted by Crippen LogP contribution is -2.41. The van der Waals surface area contributed by atoms with Gasteiger partial charge in [-0.1, -0.05) is 23.7 Å². The van der Waals surface area contributed by atoms with Crippen molar-refractivity contribution in [2.24, 2.45) is 0 Å². The monoisotopic (exact) mass is 430 g/mol. The number of hydrogen-bond donors (Lipinski definition) is 3.